The molecule has 2 amide bonds. The van der Waals surface area contributed by atoms with Crippen LogP contribution in [-0.4, -0.2) is 21.4 Å². The fraction of sp³-hybridized carbons (Fsp3) is 0.0870. The van der Waals surface area contributed by atoms with E-state index in [1.165, 1.54) is 6.26 Å². The number of hydrogen-bond donors (Lipinski definition) is 2. The fourth-order valence-corrected chi connectivity index (χ4v) is 3.09. The Kier molecular flexibility index (Phi) is 5.43. The highest BCUT2D eigenvalue weighted by molar-refractivity contribution is 6.02. The number of carbonyl (C=O) groups excluding carboxylic acids is 2. The summed E-state index contributed by atoms with van der Waals surface area (Å²) in [5.74, 6) is 0.458. The van der Waals surface area contributed by atoms with Gasteiger partial charge in [-0.1, -0.05) is 30.3 Å². The van der Waals surface area contributed by atoms with Crippen LogP contribution >= 0.6 is 0 Å². The predicted octanol–water partition coefficient (Wildman–Crippen LogP) is 3.96. The van der Waals surface area contributed by atoms with Crippen LogP contribution in [0.4, 0.5) is 5.69 Å². The number of carbonyl (C=O) groups is 2. The Morgan fingerprint density at radius 1 is 0.967 bits per heavy atom. The van der Waals surface area contributed by atoms with Gasteiger partial charge < -0.3 is 15.1 Å². The summed E-state index contributed by atoms with van der Waals surface area (Å²) in [5.41, 5.74) is 2.90. The number of hydrogen-bond acceptors (Lipinski definition) is 4. The SMILES string of the molecule is Cc1ncc(C(=O)NCc2ccc(NC(=O)c3ccco3)cc2)n1-c1ccccc1. The largest absolute Gasteiger partial charge is 0.459 e. The quantitative estimate of drug-likeness (QED) is 0.513. The number of imidazole rings is 1. The molecule has 30 heavy (non-hydrogen) atoms. The summed E-state index contributed by atoms with van der Waals surface area (Å²) in [6, 6.07) is 20.1. The van der Waals surface area contributed by atoms with Gasteiger partial charge in [0, 0.05) is 17.9 Å². The first-order valence-electron chi connectivity index (χ1n) is 9.43. The maximum Gasteiger partial charge on any atom is 0.291 e. The zero-order valence-electron chi connectivity index (χ0n) is 16.3. The number of aromatic nitrogens is 2. The predicted molar refractivity (Wildman–Crippen MR) is 113 cm³/mol. The number of furan rings is 1. The lowest BCUT2D eigenvalue weighted by atomic mass is 10.2. The fourth-order valence-electron chi connectivity index (χ4n) is 3.09. The van der Waals surface area contributed by atoms with Crippen molar-refractivity contribution in [1.29, 1.82) is 0 Å². The van der Waals surface area contributed by atoms with Crippen LogP contribution in [0.15, 0.2) is 83.6 Å². The molecule has 0 spiro atoms. The third-order valence-corrected chi connectivity index (χ3v) is 4.60. The molecule has 0 bridgehead atoms. The minimum absolute atomic E-state index is 0.213. The third-order valence-electron chi connectivity index (χ3n) is 4.60. The van der Waals surface area contributed by atoms with Gasteiger partial charge in [-0.2, -0.15) is 0 Å². The van der Waals surface area contributed by atoms with Crippen LogP contribution in [-0.2, 0) is 6.54 Å². The first kappa shape index (κ1) is 19.2. The first-order valence-corrected chi connectivity index (χ1v) is 9.43. The Bertz CT molecular complexity index is 1150. The van der Waals surface area contributed by atoms with Crippen molar-refractivity contribution < 1.29 is 14.0 Å². The maximum absolute atomic E-state index is 12.7. The standard InChI is InChI=1S/C23H20N4O3/c1-16-24-15-20(27(16)19-6-3-2-4-7-19)22(28)25-14-17-9-11-18(12-10-17)26-23(29)21-8-5-13-30-21/h2-13,15H,14H2,1H3,(H,25,28)(H,26,29). The summed E-state index contributed by atoms with van der Waals surface area (Å²) in [6.45, 7) is 2.21. The smallest absolute Gasteiger partial charge is 0.291 e. The molecule has 2 aromatic heterocycles. The van der Waals surface area contributed by atoms with Gasteiger partial charge in [0.2, 0.25) is 0 Å². The summed E-state index contributed by atoms with van der Waals surface area (Å²) in [7, 11) is 0. The first-order chi connectivity index (χ1) is 14.6. The third kappa shape index (κ3) is 4.15. The Morgan fingerprint density at radius 2 is 1.73 bits per heavy atom. The van der Waals surface area contributed by atoms with Crippen LogP contribution in [0.25, 0.3) is 5.69 Å². The molecular weight excluding hydrogens is 380 g/mol. The number of aryl methyl sites for hydroxylation is 1. The Balaban J connectivity index is 1.40. The average molecular weight is 400 g/mol. The molecule has 2 N–H and O–H groups in total. The minimum Gasteiger partial charge on any atom is -0.459 e. The second-order valence-corrected chi connectivity index (χ2v) is 6.67. The molecule has 0 aliphatic carbocycles. The molecule has 0 unspecified atom stereocenters. The van der Waals surface area contributed by atoms with Crippen molar-refractivity contribution in [2.75, 3.05) is 5.32 Å². The van der Waals surface area contributed by atoms with Crippen LogP contribution in [0.2, 0.25) is 0 Å². The van der Waals surface area contributed by atoms with Gasteiger partial charge in [0.1, 0.15) is 11.5 Å². The second kappa shape index (κ2) is 8.48. The molecule has 0 saturated carbocycles. The van der Waals surface area contributed by atoms with Crippen LogP contribution in [0, 0.1) is 6.92 Å². The van der Waals surface area contributed by atoms with Crippen LogP contribution in [0.1, 0.15) is 32.4 Å². The molecule has 150 valence electrons. The van der Waals surface area contributed by atoms with Crippen LogP contribution < -0.4 is 10.6 Å². The van der Waals surface area contributed by atoms with Crippen LogP contribution in [0.5, 0.6) is 0 Å². The van der Waals surface area contributed by atoms with Gasteiger partial charge in [0.25, 0.3) is 11.8 Å². The van der Waals surface area contributed by atoms with Crippen molar-refractivity contribution in [2.45, 2.75) is 13.5 Å². The van der Waals surface area contributed by atoms with E-state index in [0.717, 1.165) is 17.1 Å². The van der Waals surface area contributed by atoms with Gasteiger partial charge in [-0.3, -0.25) is 14.2 Å². The van der Waals surface area contributed by atoms with E-state index in [1.807, 2.05) is 54.0 Å². The van der Waals surface area contributed by atoms with Crippen molar-refractivity contribution >= 4 is 17.5 Å². The summed E-state index contributed by atoms with van der Waals surface area (Å²) < 4.78 is 6.90. The van der Waals surface area contributed by atoms with Gasteiger partial charge in [0.05, 0.1) is 12.5 Å². The zero-order chi connectivity index (χ0) is 20.9. The number of nitrogens with zero attached hydrogens (tertiary/aromatic N) is 2. The lowest BCUT2D eigenvalue weighted by molar-refractivity contribution is 0.0943. The molecule has 0 atom stereocenters. The maximum atomic E-state index is 12.7. The number of anilines is 1. The molecule has 4 rings (SSSR count). The number of nitrogens with one attached hydrogen (secondary N) is 2. The number of rotatable bonds is 6. The van der Waals surface area contributed by atoms with E-state index >= 15 is 0 Å². The molecule has 0 aliphatic heterocycles. The van der Waals surface area contributed by atoms with Crippen LogP contribution in [0.3, 0.4) is 0 Å². The summed E-state index contributed by atoms with van der Waals surface area (Å²) in [4.78, 5) is 29.0. The van der Waals surface area contributed by atoms with E-state index in [0.29, 0.717) is 17.9 Å². The molecule has 2 heterocycles. The molecule has 4 aromatic rings. The molecule has 7 nitrogen and oxygen atoms in total. The van der Waals surface area contributed by atoms with Gasteiger partial charge in [-0.05, 0) is 48.9 Å². The van der Waals surface area contributed by atoms with Crippen molar-refractivity contribution in [3.8, 4) is 5.69 Å². The topological polar surface area (TPSA) is 89.2 Å². The average Bonchev–Trinajstić information content (AvgIpc) is 3.44. The van der Waals surface area contributed by atoms with Crippen molar-refractivity contribution in [1.82, 2.24) is 14.9 Å². The highest BCUT2D eigenvalue weighted by atomic mass is 16.3. The normalized spacial score (nSPS) is 10.6. The molecular formula is C23H20N4O3. The minimum atomic E-state index is -0.314. The molecule has 7 heteroatoms. The number of para-hydroxylation sites is 1. The van der Waals surface area contributed by atoms with E-state index in [9.17, 15) is 9.59 Å². The monoisotopic (exact) mass is 400 g/mol. The van der Waals surface area contributed by atoms with E-state index in [-0.39, 0.29) is 17.6 Å². The summed E-state index contributed by atoms with van der Waals surface area (Å²) in [6.07, 6.45) is 3.02. The molecule has 0 saturated heterocycles. The van der Waals surface area contributed by atoms with Gasteiger partial charge in [-0.15, -0.1) is 0 Å². The second-order valence-electron chi connectivity index (χ2n) is 6.67. The van der Waals surface area contributed by atoms with E-state index in [2.05, 4.69) is 15.6 Å². The van der Waals surface area contributed by atoms with Gasteiger partial charge >= 0.3 is 0 Å². The summed E-state index contributed by atoms with van der Waals surface area (Å²) >= 11 is 0. The Labute approximate surface area is 173 Å². The van der Waals surface area contributed by atoms with E-state index < -0.39 is 0 Å². The molecule has 0 radical (unpaired) electrons. The van der Waals surface area contributed by atoms with Crippen molar-refractivity contribution in [2.24, 2.45) is 0 Å². The van der Waals surface area contributed by atoms with E-state index in [4.69, 9.17) is 4.42 Å². The van der Waals surface area contributed by atoms with Gasteiger partial charge in [-0.25, -0.2) is 4.98 Å². The molecule has 0 aliphatic rings. The Morgan fingerprint density at radius 3 is 2.43 bits per heavy atom. The zero-order valence-corrected chi connectivity index (χ0v) is 16.3. The number of amides is 2. The highest BCUT2D eigenvalue weighted by Crippen LogP contribution is 2.15. The molecule has 2 aromatic carbocycles. The lowest BCUT2D eigenvalue weighted by Gasteiger charge is -2.11. The highest BCUT2D eigenvalue weighted by Gasteiger charge is 2.15. The Hall–Kier alpha value is -4.13. The number of benzene rings is 2. The van der Waals surface area contributed by atoms with Gasteiger partial charge in [0.15, 0.2) is 5.76 Å². The molecule has 0 fully saturated rings. The van der Waals surface area contributed by atoms with Crippen molar-refractivity contribution in [3.05, 3.63) is 102 Å². The summed E-state index contributed by atoms with van der Waals surface area (Å²) in [5, 5.41) is 5.68. The van der Waals surface area contributed by atoms with Crippen molar-refractivity contribution in [3.63, 3.8) is 0 Å². The van der Waals surface area contributed by atoms with E-state index in [1.54, 1.807) is 30.5 Å². The lowest BCUT2D eigenvalue weighted by Crippen LogP contribution is -2.25.